The van der Waals surface area contributed by atoms with Gasteiger partial charge in [0, 0.05) is 42.3 Å². The van der Waals surface area contributed by atoms with Gasteiger partial charge in [0.15, 0.2) is 5.96 Å². The van der Waals surface area contributed by atoms with Crippen LogP contribution in [0.1, 0.15) is 37.7 Å². The molecule has 2 heterocycles. The highest BCUT2D eigenvalue weighted by Gasteiger charge is 2.36. The van der Waals surface area contributed by atoms with Gasteiger partial charge in [0.05, 0.1) is 0 Å². The topological polar surface area (TPSA) is 48.9 Å². The second-order valence-electron chi connectivity index (χ2n) is 7.27. The molecule has 2 saturated heterocycles. The summed E-state index contributed by atoms with van der Waals surface area (Å²) in [6, 6.07) is 6.21. The van der Waals surface area contributed by atoms with Crippen molar-refractivity contribution in [1.29, 1.82) is 0 Å². The first kappa shape index (κ1) is 20.1. The minimum Gasteiger partial charge on any atom is -0.434 e. The van der Waals surface area contributed by atoms with Gasteiger partial charge >= 0.3 is 6.61 Å². The Morgan fingerprint density at radius 3 is 2.67 bits per heavy atom. The minimum atomic E-state index is -2.87. The number of hydrogen-bond acceptors (Lipinski definition) is 3. The highest BCUT2D eigenvalue weighted by molar-refractivity contribution is 6.30. The lowest BCUT2D eigenvalue weighted by Crippen LogP contribution is -2.56. The lowest BCUT2D eigenvalue weighted by Gasteiger charge is -2.47. The lowest BCUT2D eigenvalue weighted by atomic mass is 9.82. The van der Waals surface area contributed by atoms with Crippen LogP contribution in [0.5, 0.6) is 5.75 Å². The number of hydrogen-bond donors (Lipinski definition) is 2. The zero-order valence-electron chi connectivity index (χ0n) is 15.7. The molecule has 2 aliphatic rings. The average molecular weight is 401 g/mol. The Morgan fingerprint density at radius 2 is 2.04 bits per heavy atom. The summed E-state index contributed by atoms with van der Waals surface area (Å²) in [5.74, 6) is 0.775. The monoisotopic (exact) mass is 400 g/mol. The number of ether oxygens (including phenoxy) is 1. The fourth-order valence-corrected chi connectivity index (χ4v) is 4.39. The van der Waals surface area contributed by atoms with Crippen molar-refractivity contribution < 1.29 is 13.5 Å². The van der Waals surface area contributed by atoms with Gasteiger partial charge in [-0.25, -0.2) is 0 Å². The van der Waals surface area contributed by atoms with E-state index in [0.29, 0.717) is 41.2 Å². The number of halogens is 3. The normalized spacial score (nSPS) is 26.1. The van der Waals surface area contributed by atoms with E-state index in [1.807, 2.05) is 0 Å². The molecule has 2 aliphatic heterocycles. The van der Waals surface area contributed by atoms with Gasteiger partial charge in [-0.1, -0.05) is 18.0 Å². The molecule has 0 spiro atoms. The van der Waals surface area contributed by atoms with E-state index in [1.165, 1.54) is 31.4 Å². The number of aliphatic imine (C=N–C) groups is 1. The molecule has 3 rings (SSSR count). The Morgan fingerprint density at radius 1 is 1.33 bits per heavy atom. The number of fused-ring (bicyclic) bond motifs is 2. The van der Waals surface area contributed by atoms with E-state index in [0.717, 1.165) is 12.8 Å². The molecule has 2 bridgehead atoms. The third-order valence-electron chi connectivity index (χ3n) is 5.59. The van der Waals surface area contributed by atoms with Gasteiger partial charge in [-0.15, -0.1) is 0 Å². The SMILES string of the molecule is CN=C(NCc1cc(Cl)ccc1OC(F)F)NC1CC2CCCC(C1)N2C. The standard InChI is InChI=1S/C19H27ClF2N4O/c1-23-19(25-14-9-15-4-3-5-16(10-14)26(15)2)24-11-12-8-13(20)6-7-17(12)27-18(21)22/h6-8,14-16,18H,3-5,9-11H2,1-2H3,(H2,23,24,25). The molecular weight excluding hydrogens is 374 g/mol. The smallest absolute Gasteiger partial charge is 0.387 e. The van der Waals surface area contributed by atoms with Gasteiger partial charge in [0.2, 0.25) is 0 Å². The van der Waals surface area contributed by atoms with Gasteiger partial charge in [0.25, 0.3) is 0 Å². The quantitative estimate of drug-likeness (QED) is 0.585. The highest BCUT2D eigenvalue weighted by atomic mass is 35.5. The van der Waals surface area contributed by atoms with Crippen molar-refractivity contribution in [2.75, 3.05) is 14.1 Å². The van der Waals surface area contributed by atoms with E-state index < -0.39 is 6.61 Å². The fraction of sp³-hybridized carbons (Fsp3) is 0.632. The summed E-state index contributed by atoms with van der Waals surface area (Å²) < 4.78 is 29.8. The minimum absolute atomic E-state index is 0.117. The van der Waals surface area contributed by atoms with Gasteiger partial charge in [-0.05, 0) is 50.9 Å². The van der Waals surface area contributed by atoms with E-state index in [2.05, 4.69) is 32.3 Å². The molecule has 0 aliphatic carbocycles. The predicted octanol–water partition coefficient (Wildman–Crippen LogP) is 3.62. The van der Waals surface area contributed by atoms with Crippen LogP contribution >= 0.6 is 11.6 Å². The largest absolute Gasteiger partial charge is 0.434 e. The Kier molecular flexibility index (Phi) is 6.76. The molecule has 27 heavy (non-hydrogen) atoms. The van der Waals surface area contributed by atoms with E-state index >= 15 is 0 Å². The molecule has 0 amide bonds. The van der Waals surface area contributed by atoms with Crippen molar-refractivity contribution in [2.45, 2.75) is 63.4 Å². The first-order valence-corrected chi connectivity index (χ1v) is 9.76. The van der Waals surface area contributed by atoms with Gasteiger partial charge < -0.3 is 20.3 Å². The number of piperidine rings is 2. The van der Waals surface area contributed by atoms with E-state index in [9.17, 15) is 8.78 Å². The van der Waals surface area contributed by atoms with Crippen LogP contribution in [0.2, 0.25) is 5.02 Å². The summed E-state index contributed by atoms with van der Waals surface area (Å²) in [7, 11) is 3.93. The van der Waals surface area contributed by atoms with Crippen molar-refractivity contribution in [3.8, 4) is 5.75 Å². The summed E-state index contributed by atoms with van der Waals surface area (Å²) in [6.45, 7) is -2.58. The van der Waals surface area contributed by atoms with Crippen LogP contribution in [-0.4, -0.2) is 49.7 Å². The third-order valence-corrected chi connectivity index (χ3v) is 5.82. The van der Waals surface area contributed by atoms with Crippen molar-refractivity contribution in [1.82, 2.24) is 15.5 Å². The fourth-order valence-electron chi connectivity index (χ4n) is 4.20. The zero-order chi connectivity index (χ0) is 19.4. The van der Waals surface area contributed by atoms with Crippen LogP contribution in [0.25, 0.3) is 0 Å². The number of alkyl halides is 2. The number of rotatable bonds is 5. The number of nitrogens with one attached hydrogen (secondary N) is 2. The summed E-state index contributed by atoms with van der Waals surface area (Å²) in [6.07, 6.45) is 5.97. The molecule has 1 aromatic carbocycles. The summed E-state index contributed by atoms with van der Waals surface area (Å²) >= 11 is 6.00. The molecule has 2 unspecified atom stereocenters. The molecule has 2 N–H and O–H groups in total. The van der Waals surface area contributed by atoms with E-state index in [-0.39, 0.29) is 5.75 Å². The third kappa shape index (κ3) is 5.23. The van der Waals surface area contributed by atoms with Crippen molar-refractivity contribution in [2.24, 2.45) is 4.99 Å². The molecule has 1 aromatic rings. The molecule has 2 atom stereocenters. The van der Waals surface area contributed by atoms with E-state index in [4.69, 9.17) is 11.6 Å². The van der Waals surface area contributed by atoms with Crippen LogP contribution < -0.4 is 15.4 Å². The van der Waals surface area contributed by atoms with Crippen LogP contribution in [0.15, 0.2) is 23.2 Å². The first-order chi connectivity index (χ1) is 13.0. The maximum Gasteiger partial charge on any atom is 0.387 e. The molecule has 2 fully saturated rings. The Bertz CT molecular complexity index is 659. The van der Waals surface area contributed by atoms with Crippen molar-refractivity contribution in [3.05, 3.63) is 28.8 Å². The zero-order valence-corrected chi connectivity index (χ0v) is 16.5. The molecule has 5 nitrogen and oxygen atoms in total. The second kappa shape index (κ2) is 9.06. The van der Waals surface area contributed by atoms with Crippen LogP contribution in [0.3, 0.4) is 0 Å². The number of benzene rings is 1. The Labute approximate surface area is 164 Å². The molecule has 8 heteroatoms. The van der Waals surface area contributed by atoms with Crippen LogP contribution in [0.4, 0.5) is 8.78 Å². The van der Waals surface area contributed by atoms with Gasteiger partial charge in [-0.3, -0.25) is 4.99 Å². The van der Waals surface area contributed by atoms with E-state index in [1.54, 1.807) is 13.1 Å². The average Bonchev–Trinajstić information content (AvgIpc) is 2.61. The maximum atomic E-state index is 12.6. The molecular formula is C19H27ClF2N4O. The molecule has 0 saturated carbocycles. The summed E-state index contributed by atoms with van der Waals surface area (Å²) in [5.41, 5.74) is 0.561. The van der Waals surface area contributed by atoms with Crippen LogP contribution in [0, 0.1) is 0 Å². The van der Waals surface area contributed by atoms with Crippen LogP contribution in [-0.2, 0) is 6.54 Å². The summed E-state index contributed by atoms with van der Waals surface area (Å²) in [5, 5.41) is 7.15. The predicted molar refractivity (Wildman–Crippen MR) is 104 cm³/mol. The molecule has 0 radical (unpaired) electrons. The van der Waals surface area contributed by atoms with Crippen molar-refractivity contribution in [3.63, 3.8) is 0 Å². The Hall–Kier alpha value is -1.60. The number of guanidine groups is 1. The van der Waals surface area contributed by atoms with Gasteiger partial charge in [-0.2, -0.15) is 8.78 Å². The molecule has 0 aromatic heterocycles. The molecule has 150 valence electrons. The van der Waals surface area contributed by atoms with Crippen molar-refractivity contribution >= 4 is 17.6 Å². The summed E-state index contributed by atoms with van der Waals surface area (Å²) in [4.78, 5) is 6.79. The first-order valence-electron chi connectivity index (χ1n) is 9.38. The Balaban J connectivity index is 1.59. The second-order valence-corrected chi connectivity index (χ2v) is 7.71. The lowest BCUT2D eigenvalue weighted by molar-refractivity contribution is -0.0504. The maximum absolute atomic E-state index is 12.6. The number of nitrogens with zero attached hydrogens (tertiary/aromatic N) is 2. The highest BCUT2D eigenvalue weighted by Crippen LogP contribution is 2.32. The van der Waals surface area contributed by atoms with Gasteiger partial charge in [0.1, 0.15) is 5.75 Å².